The van der Waals surface area contributed by atoms with E-state index >= 15 is 0 Å². The van der Waals surface area contributed by atoms with E-state index in [0.29, 0.717) is 18.5 Å². The van der Waals surface area contributed by atoms with Crippen LogP contribution in [0.4, 0.5) is 5.69 Å². The molecule has 0 N–H and O–H groups in total. The average molecular weight is 235 g/mol. The monoisotopic (exact) mass is 234 g/mol. The van der Waals surface area contributed by atoms with Crippen molar-refractivity contribution in [3.8, 4) is 6.07 Å². The third-order valence-corrected chi connectivity index (χ3v) is 3.02. The molecule has 1 aliphatic heterocycles. The van der Waals surface area contributed by atoms with Gasteiger partial charge in [0, 0.05) is 18.7 Å². The molecule has 1 saturated heterocycles. The molecule has 0 aromatic heterocycles. The molecule has 1 unspecified atom stereocenters. The van der Waals surface area contributed by atoms with Gasteiger partial charge >= 0.3 is 0 Å². The first-order chi connectivity index (χ1) is 7.61. The lowest BCUT2D eigenvalue weighted by molar-refractivity contribution is -0.117. The summed E-state index contributed by atoms with van der Waals surface area (Å²) in [6.45, 7) is 2.40. The van der Waals surface area contributed by atoms with Gasteiger partial charge in [-0.2, -0.15) is 5.26 Å². The molecular weight excluding hydrogens is 224 g/mol. The third kappa shape index (κ3) is 1.89. The molecule has 16 heavy (non-hydrogen) atoms. The van der Waals surface area contributed by atoms with Crippen molar-refractivity contribution >= 4 is 23.2 Å². The second-order valence-electron chi connectivity index (χ2n) is 3.92. The summed E-state index contributed by atoms with van der Waals surface area (Å²) in [7, 11) is 0. The number of nitriles is 1. The largest absolute Gasteiger partial charge is 0.311 e. The van der Waals surface area contributed by atoms with E-state index in [1.54, 1.807) is 11.0 Å². The van der Waals surface area contributed by atoms with Crippen LogP contribution in [0.1, 0.15) is 17.5 Å². The van der Waals surface area contributed by atoms with Gasteiger partial charge < -0.3 is 4.90 Å². The number of halogens is 1. The first-order valence-corrected chi connectivity index (χ1v) is 5.50. The van der Waals surface area contributed by atoms with Crippen LogP contribution in [0, 0.1) is 18.3 Å². The second kappa shape index (κ2) is 4.15. The van der Waals surface area contributed by atoms with Crippen LogP contribution in [-0.2, 0) is 4.79 Å². The summed E-state index contributed by atoms with van der Waals surface area (Å²) in [4.78, 5) is 13.3. The molecule has 1 atom stereocenters. The van der Waals surface area contributed by atoms with Gasteiger partial charge in [0.1, 0.15) is 0 Å². The molecule has 0 spiro atoms. The standard InChI is InChI=1S/C12H11ClN2O/c1-8-2-3-11(4-9(8)6-14)15-7-10(13)5-12(15)16/h2-4,10H,5,7H2,1H3. The minimum atomic E-state index is -0.126. The fourth-order valence-corrected chi connectivity index (χ4v) is 2.08. The normalized spacial score (nSPS) is 19.9. The highest BCUT2D eigenvalue weighted by Crippen LogP contribution is 2.25. The zero-order valence-corrected chi connectivity index (χ0v) is 9.66. The zero-order chi connectivity index (χ0) is 11.7. The van der Waals surface area contributed by atoms with Crippen LogP contribution in [0.25, 0.3) is 0 Å². The first-order valence-electron chi connectivity index (χ1n) is 5.07. The Morgan fingerprint density at radius 2 is 2.31 bits per heavy atom. The van der Waals surface area contributed by atoms with Gasteiger partial charge in [0.25, 0.3) is 0 Å². The van der Waals surface area contributed by atoms with Crippen molar-refractivity contribution in [3.63, 3.8) is 0 Å². The van der Waals surface area contributed by atoms with Crippen LogP contribution >= 0.6 is 11.6 Å². The van der Waals surface area contributed by atoms with E-state index in [9.17, 15) is 4.79 Å². The van der Waals surface area contributed by atoms with Crippen molar-refractivity contribution < 1.29 is 4.79 Å². The van der Waals surface area contributed by atoms with Crippen molar-refractivity contribution in [2.45, 2.75) is 18.7 Å². The van der Waals surface area contributed by atoms with E-state index in [4.69, 9.17) is 16.9 Å². The van der Waals surface area contributed by atoms with Crippen LogP contribution in [0.2, 0.25) is 0 Å². The number of hydrogen-bond donors (Lipinski definition) is 0. The number of anilines is 1. The molecular formula is C12H11ClN2O. The summed E-state index contributed by atoms with van der Waals surface area (Å²) in [6.07, 6.45) is 0.372. The van der Waals surface area contributed by atoms with E-state index in [1.807, 2.05) is 19.1 Å². The fourth-order valence-electron chi connectivity index (χ4n) is 1.81. The number of carbonyl (C=O) groups excluding carboxylic acids is 1. The lowest BCUT2D eigenvalue weighted by Gasteiger charge is -2.16. The summed E-state index contributed by atoms with van der Waals surface area (Å²) < 4.78 is 0. The van der Waals surface area contributed by atoms with E-state index in [0.717, 1.165) is 11.3 Å². The van der Waals surface area contributed by atoms with Crippen molar-refractivity contribution in [3.05, 3.63) is 29.3 Å². The number of hydrogen-bond acceptors (Lipinski definition) is 2. The Morgan fingerprint density at radius 1 is 1.56 bits per heavy atom. The molecule has 0 radical (unpaired) electrons. The maximum Gasteiger partial charge on any atom is 0.228 e. The number of alkyl halides is 1. The van der Waals surface area contributed by atoms with E-state index < -0.39 is 0 Å². The molecule has 1 fully saturated rings. The molecule has 1 aromatic rings. The highest BCUT2D eigenvalue weighted by atomic mass is 35.5. The van der Waals surface area contributed by atoms with Crippen LogP contribution < -0.4 is 4.90 Å². The van der Waals surface area contributed by atoms with Crippen molar-refractivity contribution in [1.29, 1.82) is 5.26 Å². The molecule has 1 aromatic carbocycles. The number of benzene rings is 1. The van der Waals surface area contributed by atoms with E-state index in [-0.39, 0.29) is 11.3 Å². The number of nitrogens with zero attached hydrogens (tertiary/aromatic N) is 2. The molecule has 82 valence electrons. The molecule has 1 aliphatic rings. The molecule has 1 amide bonds. The predicted octanol–water partition coefficient (Wildman–Crippen LogP) is 2.21. The Balaban J connectivity index is 2.35. The number of amides is 1. The van der Waals surface area contributed by atoms with Crippen LogP contribution in [0.5, 0.6) is 0 Å². The minimum absolute atomic E-state index is 0.0211. The maximum atomic E-state index is 11.6. The Labute approximate surface area is 99.2 Å². The summed E-state index contributed by atoms with van der Waals surface area (Å²) in [6, 6.07) is 7.55. The van der Waals surface area contributed by atoms with Gasteiger partial charge in [-0.15, -0.1) is 11.6 Å². The van der Waals surface area contributed by atoms with Crippen molar-refractivity contribution in [2.75, 3.05) is 11.4 Å². The van der Waals surface area contributed by atoms with Crippen LogP contribution in [0.3, 0.4) is 0 Å². The third-order valence-electron chi connectivity index (χ3n) is 2.73. The molecule has 0 saturated carbocycles. The average Bonchev–Trinajstić information content (AvgIpc) is 2.59. The van der Waals surface area contributed by atoms with Gasteiger partial charge in [0.15, 0.2) is 0 Å². The number of carbonyl (C=O) groups is 1. The van der Waals surface area contributed by atoms with Gasteiger partial charge in [-0.05, 0) is 24.6 Å². The van der Waals surface area contributed by atoms with Crippen LogP contribution in [-0.4, -0.2) is 17.8 Å². The van der Waals surface area contributed by atoms with Gasteiger partial charge in [-0.3, -0.25) is 4.79 Å². The molecule has 3 nitrogen and oxygen atoms in total. The van der Waals surface area contributed by atoms with Crippen molar-refractivity contribution in [1.82, 2.24) is 0 Å². The van der Waals surface area contributed by atoms with Crippen molar-refractivity contribution in [2.24, 2.45) is 0 Å². The van der Waals surface area contributed by atoms with E-state index in [2.05, 4.69) is 6.07 Å². The predicted molar refractivity (Wildman–Crippen MR) is 62.5 cm³/mol. The molecule has 0 bridgehead atoms. The zero-order valence-electron chi connectivity index (χ0n) is 8.90. The van der Waals surface area contributed by atoms with E-state index in [1.165, 1.54) is 0 Å². The van der Waals surface area contributed by atoms with Gasteiger partial charge in [-0.25, -0.2) is 0 Å². The quantitative estimate of drug-likeness (QED) is 0.700. The fraction of sp³-hybridized carbons (Fsp3) is 0.333. The lowest BCUT2D eigenvalue weighted by atomic mass is 10.1. The Hall–Kier alpha value is -1.53. The topological polar surface area (TPSA) is 44.1 Å². The summed E-state index contributed by atoms with van der Waals surface area (Å²) >= 11 is 5.93. The number of rotatable bonds is 1. The van der Waals surface area contributed by atoms with Gasteiger partial charge in [-0.1, -0.05) is 6.07 Å². The molecule has 2 rings (SSSR count). The number of aryl methyl sites for hydroxylation is 1. The van der Waals surface area contributed by atoms with Gasteiger partial charge in [0.2, 0.25) is 5.91 Å². The molecule has 1 heterocycles. The Bertz CT molecular complexity index is 478. The van der Waals surface area contributed by atoms with Crippen LogP contribution in [0.15, 0.2) is 18.2 Å². The smallest absolute Gasteiger partial charge is 0.228 e. The Kier molecular flexibility index (Phi) is 2.84. The molecule has 4 heteroatoms. The first kappa shape index (κ1) is 11.0. The summed E-state index contributed by atoms with van der Waals surface area (Å²) in [5.74, 6) is 0.0211. The maximum absolute atomic E-state index is 11.6. The highest BCUT2D eigenvalue weighted by Gasteiger charge is 2.29. The molecule has 0 aliphatic carbocycles. The summed E-state index contributed by atoms with van der Waals surface area (Å²) in [5.41, 5.74) is 2.28. The van der Waals surface area contributed by atoms with Gasteiger partial charge in [0.05, 0.1) is 17.0 Å². The summed E-state index contributed by atoms with van der Waals surface area (Å²) in [5, 5.41) is 8.80. The minimum Gasteiger partial charge on any atom is -0.311 e. The second-order valence-corrected chi connectivity index (χ2v) is 4.53. The highest BCUT2D eigenvalue weighted by molar-refractivity contribution is 6.24. The Morgan fingerprint density at radius 3 is 2.88 bits per heavy atom. The lowest BCUT2D eigenvalue weighted by Crippen LogP contribution is -2.24. The SMILES string of the molecule is Cc1ccc(N2CC(Cl)CC2=O)cc1C#N.